The van der Waals surface area contributed by atoms with Crippen LogP contribution < -0.4 is 16.0 Å². The van der Waals surface area contributed by atoms with E-state index in [0.717, 1.165) is 38.4 Å². The van der Waals surface area contributed by atoms with Gasteiger partial charge in [-0.05, 0) is 30.9 Å². The number of nitrogens with zero attached hydrogens (tertiary/aromatic N) is 1. The van der Waals surface area contributed by atoms with Crippen molar-refractivity contribution in [2.24, 2.45) is 4.99 Å². The first kappa shape index (κ1) is 9.75. The van der Waals surface area contributed by atoms with Crippen molar-refractivity contribution in [3.05, 3.63) is 22.9 Å². The van der Waals surface area contributed by atoms with Gasteiger partial charge in [-0.25, -0.2) is 0 Å². The van der Waals surface area contributed by atoms with Gasteiger partial charge in [0.25, 0.3) is 0 Å². The first-order chi connectivity index (χ1) is 7.84. The minimum Gasteiger partial charge on any atom is -0.384 e. The Labute approximate surface area is 95.9 Å². The van der Waals surface area contributed by atoms with Crippen molar-refractivity contribution in [2.75, 3.05) is 19.6 Å². The monoisotopic (exact) mass is 218 g/mol. The topological polar surface area (TPSA) is 48.5 Å². The van der Waals surface area contributed by atoms with Crippen LogP contribution in [0.15, 0.2) is 27.9 Å². The van der Waals surface area contributed by atoms with E-state index in [1.165, 1.54) is 16.8 Å². The van der Waals surface area contributed by atoms with Crippen LogP contribution in [0.3, 0.4) is 0 Å². The Kier molecular flexibility index (Phi) is 2.35. The summed E-state index contributed by atoms with van der Waals surface area (Å²) in [6.45, 7) is 5.13. The van der Waals surface area contributed by atoms with Crippen molar-refractivity contribution in [3.8, 4) is 0 Å². The number of nitrogens with one attached hydrogen (secondary N) is 3. The van der Waals surface area contributed by atoms with E-state index in [0.29, 0.717) is 6.04 Å². The third-order valence-corrected chi connectivity index (χ3v) is 3.48. The highest BCUT2D eigenvalue weighted by atomic mass is 15.2. The maximum absolute atomic E-state index is 4.39. The molecule has 86 valence electrons. The lowest BCUT2D eigenvalue weighted by atomic mass is 9.92. The highest BCUT2D eigenvalue weighted by Crippen LogP contribution is 2.29. The molecule has 0 amide bonds. The minimum atomic E-state index is 0.429. The molecule has 3 aliphatic rings. The molecule has 2 heterocycles. The molecule has 0 aromatic carbocycles. The zero-order valence-corrected chi connectivity index (χ0v) is 9.64. The van der Waals surface area contributed by atoms with Crippen LogP contribution in [0, 0.1) is 0 Å². The largest absolute Gasteiger partial charge is 0.384 e. The highest BCUT2D eigenvalue weighted by molar-refractivity contribution is 5.82. The summed E-state index contributed by atoms with van der Waals surface area (Å²) in [5, 5.41) is 10.3. The van der Waals surface area contributed by atoms with Gasteiger partial charge >= 0.3 is 0 Å². The third kappa shape index (κ3) is 1.58. The van der Waals surface area contributed by atoms with Gasteiger partial charge in [0.1, 0.15) is 0 Å². The van der Waals surface area contributed by atoms with Crippen LogP contribution >= 0.6 is 0 Å². The predicted octanol–water partition coefficient (Wildman–Crippen LogP) is 0.501. The summed E-state index contributed by atoms with van der Waals surface area (Å²) in [5.41, 5.74) is 4.28. The first-order valence-corrected chi connectivity index (χ1v) is 6.03. The Balaban J connectivity index is 1.77. The Hall–Kier alpha value is -1.45. The smallest absolute Gasteiger partial charge is 0.191 e. The summed E-state index contributed by atoms with van der Waals surface area (Å²) in [5.74, 6) is 0.969. The van der Waals surface area contributed by atoms with Gasteiger partial charge in [-0.15, -0.1) is 0 Å². The second-order valence-corrected chi connectivity index (χ2v) is 4.55. The highest BCUT2D eigenvalue weighted by Gasteiger charge is 2.27. The van der Waals surface area contributed by atoms with E-state index in [1.54, 1.807) is 0 Å². The SMILES string of the molecule is CC1=CCC(NC2=NCCN2)C2=C1NCC2. The molecule has 0 bridgehead atoms. The molecule has 4 heteroatoms. The molecule has 0 radical (unpaired) electrons. The molecule has 0 fully saturated rings. The molecule has 4 nitrogen and oxygen atoms in total. The van der Waals surface area contributed by atoms with E-state index in [9.17, 15) is 0 Å². The van der Waals surface area contributed by atoms with Crippen LogP contribution in [0.5, 0.6) is 0 Å². The summed E-state index contributed by atoms with van der Waals surface area (Å²) in [4.78, 5) is 4.39. The van der Waals surface area contributed by atoms with E-state index in [1.807, 2.05) is 0 Å². The molecular formula is C12H18N4. The van der Waals surface area contributed by atoms with Crippen molar-refractivity contribution >= 4 is 5.96 Å². The number of guanidine groups is 1. The van der Waals surface area contributed by atoms with Gasteiger partial charge in [-0.2, -0.15) is 0 Å². The number of hydrogen-bond acceptors (Lipinski definition) is 4. The van der Waals surface area contributed by atoms with Crippen LogP contribution in [0.1, 0.15) is 19.8 Å². The fourth-order valence-corrected chi connectivity index (χ4v) is 2.65. The Morgan fingerprint density at radius 3 is 3.12 bits per heavy atom. The molecule has 0 aromatic heterocycles. The summed E-state index contributed by atoms with van der Waals surface area (Å²) >= 11 is 0. The van der Waals surface area contributed by atoms with Crippen molar-refractivity contribution < 1.29 is 0 Å². The van der Waals surface area contributed by atoms with Crippen LogP contribution in [0.2, 0.25) is 0 Å². The van der Waals surface area contributed by atoms with Crippen LogP contribution in [0.4, 0.5) is 0 Å². The van der Waals surface area contributed by atoms with Gasteiger partial charge in [0, 0.05) is 18.8 Å². The fourth-order valence-electron chi connectivity index (χ4n) is 2.65. The van der Waals surface area contributed by atoms with Crippen LogP contribution in [-0.2, 0) is 0 Å². The molecule has 0 saturated carbocycles. The van der Waals surface area contributed by atoms with E-state index < -0.39 is 0 Å². The lowest BCUT2D eigenvalue weighted by Crippen LogP contribution is -2.42. The third-order valence-electron chi connectivity index (χ3n) is 3.48. The average molecular weight is 218 g/mol. The molecule has 1 atom stereocenters. The molecule has 3 N–H and O–H groups in total. The Bertz CT molecular complexity index is 392. The minimum absolute atomic E-state index is 0.429. The number of rotatable bonds is 1. The maximum atomic E-state index is 4.39. The zero-order chi connectivity index (χ0) is 11.0. The van der Waals surface area contributed by atoms with E-state index in [-0.39, 0.29) is 0 Å². The van der Waals surface area contributed by atoms with Crippen molar-refractivity contribution in [1.29, 1.82) is 0 Å². The standard InChI is InChI=1S/C12H18N4/c1-8-2-3-10(9-4-5-13-11(8)9)16-12-14-6-7-15-12/h2,10,13H,3-7H2,1H3,(H2,14,15,16). The number of allylic oxidation sites excluding steroid dienone is 1. The van der Waals surface area contributed by atoms with E-state index >= 15 is 0 Å². The first-order valence-electron chi connectivity index (χ1n) is 6.03. The van der Waals surface area contributed by atoms with Gasteiger partial charge in [0.05, 0.1) is 12.6 Å². The van der Waals surface area contributed by atoms with Crippen LogP contribution in [-0.4, -0.2) is 31.6 Å². The molecule has 1 aliphatic carbocycles. The van der Waals surface area contributed by atoms with Gasteiger partial charge in [-0.1, -0.05) is 6.08 Å². The fraction of sp³-hybridized carbons (Fsp3) is 0.583. The second kappa shape index (κ2) is 3.85. The van der Waals surface area contributed by atoms with Crippen molar-refractivity contribution in [3.63, 3.8) is 0 Å². The molecule has 1 unspecified atom stereocenters. The number of hydrogen-bond donors (Lipinski definition) is 3. The number of aliphatic imine (C=N–C) groups is 1. The lowest BCUT2D eigenvalue weighted by molar-refractivity contribution is 0.660. The Morgan fingerprint density at radius 1 is 1.38 bits per heavy atom. The molecule has 2 aliphatic heterocycles. The molecule has 3 rings (SSSR count). The quantitative estimate of drug-likeness (QED) is 0.601. The lowest BCUT2D eigenvalue weighted by Gasteiger charge is -2.25. The zero-order valence-electron chi connectivity index (χ0n) is 9.64. The van der Waals surface area contributed by atoms with Gasteiger partial charge in [0.15, 0.2) is 5.96 Å². The van der Waals surface area contributed by atoms with E-state index in [4.69, 9.17) is 0 Å². The van der Waals surface area contributed by atoms with Crippen molar-refractivity contribution in [2.45, 2.75) is 25.8 Å². The molecule has 16 heavy (non-hydrogen) atoms. The maximum Gasteiger partial charge on any atom is 0.191 e. The molecule has 0 spiro atoms. The average Bonchev–Trinajstić information content (AvgIpc) is 2.92. The predicted molar refractivity (Wildman–Crippen MR) is 65.2 cm³/mol. The van der Waals surface area contributed by atoms with Gasteiger partial charge < -0.3 is 16.0 Å². The summed E-state index contributed by atoms with van der Waals surface area (Å²) in [7, 11) is 0. The summed E-state index contributed by atoms with van der Waals surface area (Å²) in [6.07, 6.45) is 4.54. The summed E-state index contributed by atoms with van der Waals surface area (Å²) < 4.78 is 0. The Morgan fingerprint density at radius 2 is 2.31 bits per heavy atom. The molecule has 0 saturated heterocycles. The van der Waals surface area contributed by atoms with Gasteiger partial charge in [0.2, 0.25) is 0 Å². The second-order valence-electron chi connectivity index (χ2n) is 4.55. The van der Waals surface area contributed by atoms with Gasteiger partial charge in [-0.3, -0.25) is 4.99 Å². The molecular weight excluding hydrogens is 200 g/mol. The summed E-state index contributed by atoms with van der Waals surface area (Å²) in [6, 6.07) is 0.429. The van der Waals surface area contributed by atoms with E-state index in [2.05, 4.69) is 33.9 Å². The van der Waals surface area contributed by atoms with Crippen LogP contribution in [0.25, 0.3) is 0 Å². The normalized spacial score (nSPS) is 27.9. The molecule has 0 aromatic rings. The van der Waals surface area contributed by atoms with Crippen molar-refractivity contribution in [1.82, 2.24) is 16.0 Å².